The molecule has 0 aliphatic carbocycles. The van der Waals surface area contributed by atoms with E-state index in [2.05, 4.69) is 0 Å². The van der Waals surface area contributed by atoms with Crippen LogP contribution in [0.1, 0.15) is 40.9 Å². The van der Waals surface area contributed by atoms with E-state index in [1.165, 1.54) is 0 Å². The number of carbonyl (C=O) groups is 2. The summed E-state index contributed by atoms with van der Waals surface area (Å²) >= 11 is 0. The number of rotatable bonds is 2. The van der Waals surface area contributed by atoms with E-state index < -0.39 is 0 Å². The molecule has 0 saturated carbocycles. The van der Waals surface area contributed by atoms with Crippen LogP contribution in [0.2, 0.25) is 0 Å². The summed E-state index contributed by atoms with van der Waals surface area (Å²) in [6.07, 6.45) is 2.21. The van der Waals surface area contributed by atoms with Crippen LogP contribution in [0, 0.1) is 13.8 Å². The van der Waals surface area contributed by atoms with Crippen LogP contribution in [0.5, 0.6) is 0 Å². The zero-order valence-electron chi connectivity index (χ0n) is 16.0. The SMILES string of the molecule is Cc1ccc2c(C)c(C(=O)N3CCCN(C(=O)[C@H]4CCCO4)CC3)oc2c1. The van der Waals surface area contributed by atoms with E-state index in [1.54, 1.807) is 4.90 Å². The Bertz CT molecular complexity index is 866. The summed E-state index contributed by atoms with van der Waals surface area (Å²) in [5.74, 6) is 0.388. The minimum Gasteiger partial charge on any atom is -0.451 e. The lowest BCUT2D eigenvalue weighted by atomic mass is 10.1. The van der Waals surface area contributed by atoms with Gasteiger partial charge in [0.15, 0.2) is 5.76 Å². The summed E-state index contributed by atoms with van der Waals surface area (Å²) in [7, 11) is 0. The molecule has 2 aliphatic rings. The number of furan rings is 1. The number of hydrogen-bond donors (Lipinski definition) is 0. The monoisotopic (exact) mass is 370 g/mol. The average Bonchev–Trinajstić information content (AvgIpc) is 3.22. The maximum atomic E-state index is 13.1. The summed E-state index contributed by atoms with van der Waals surface area (Å²) in [5, 5.41) is 0.981. The first kappa shape index (κ1) is 18.0. The molecule has 0 bridgehead atoms. The van der Waals surface area contributed by atoms with Crippen molar-refractivity contribution >= 4 is 22.8 Å². The van der Waals surface area contributed by atoms with Crippen LogP contribution in [-0.2, 0) is 9.53 Å². The van der Waals surface area contributed by atoms with Crippen LogP contribution in [0.3, 0.4) is 0 Å². The van der Waals surface area contributed by atoms with Gasteiger partial charge in [0.05, 0.1) is 0 Å². The van der Waals surface area contributed by atoms with Crippen molar-refractivity contribution in [2.45, 2.75) is 39.2 Å². The number of carbonyl (C=O) groups excluding carboxylic acids is 2. The summed E-state index contributed by atoms with van der Waals surface area (Å²) in [6, 6.07) is 5.99. The van der Waals surface area contributed by atoms with Gasteiger partial charge in [-0.2, -0.15) is 0 Å². The summed E-state index contributed by atoms with van der Waals surface area (Å²) in [4.78, 5) is 29.3. The third-order valence-corrected chi connectivity index (χ3v) is 5.59. The fraction of sp³-hybridized carbons (Fsp3) is 0.524. The maximum absolute atomic E-state index is 13.1. The molecular formula is C21H26N2O4. The maximum Gasteiger partial charge on any atom is 0.289 e. The highest BCUT2D eigenvalue weighted by molar-refractivity contribution is 5.99. The zero-order chi connectivity index (χ0) is 19.0. The van der Waals surface area contributed by atoms with E-state index in [4.69, 9.17) is 9.15 Å². The molecule has 0 radical (unpaired) electrons. The highest BCUT2D eigenvalue weighted by Gasteiger charge is 2.31. The van der Waals surface area contributed by atoms with Gasteiger partial charge < -0.3 is 19.0 Å². The lowest BCUT2D eigenvalue weighted by Gasteiger charge is -2.24. The Hall–Kier alpha value is -2.34. The fourth-order valence-electron chi connectivity index (χ4n) is 4.00. The standard InChI is InChI=1S/C21H26N2O4/c1-14-6-7-16-15(2)19(27-18(16)13-14)21(25)23-9-4-8-22(10-11-23)20(24)17-5-3-12-26-17/h6-7,13,17H,3-5,8-12H2,1-2H3/t17-/m1/s1. The number of amides is 2. The lowest BCUT2D eigenvalue weighted by Crippen LogP contribution is -2.41. The van der Waals surface area contributed by atoms with Gasteiger partial charge in [0, 0.05) is 43.7 Å². The van der Waals surface area contributed by atoms with E-state index in [1.807, 2.05) is 36.9 Å². The van der Waals surface area contributed by atoms with Crippen molar-refractivity contribution in [2.24, 2.45) is 0 Å². The van der Waals surface area contributed by atoms with Gasteiger partial charge in [-0.25, -0.2) is 0 Å². The second-order valence-corrected chi connectivity index (χ2v) is 7.53. The minimum absolute atomic E-state index is 0.0668. The van der Waals surface area contributed by atoms with Crippen molar-refractivity contribution in [3.63, 3.8) is 0 Å². The van der Waals surface area contributed by atoms with Crippen LogP contribution in [0.25, 0.3) is 11.0 Å². The van der Waals surface area contributed by atoms with E-state index in [0.29, 0.717) is 38.5 Å². The van der Waals surface area contributed by atoms with Crippen LogP contribution in [0.15, 0.2) is 22.6 Å². The molecule has 2 fully saturated rings. The molecule has 2 aromatic rings. The van der Waals surface area contributed by atoms with Crippen molar-refractivity contribution < 1.29 is 18.7 Å². The molecule has 1 atom stereocenters. The van der Waals surface area contributed by atoms with Crippen molar-refractivity contribution in [2.75, 3.05) is 32.8 Å². The van der Waals surface area contributed by atoms with Crippen molar-refractivity contribution in [1.82, 2.24) is 9.80 Å². The van der Waals surface area contributed by atoms with Gasteiger partial charge >= 0.3 is 0 Å². The van der Waals surface area contributed by atoms with Crippen LogP contribution < -0.4 is 0 Å². The van der Waals surface area contributed by atoms with Gasteiger partial charge in [-0.3, -0.25) is 9.59 Å². The Morgan fingerprint density at radius 1 is 1.04 bits per heavy atom. The predicted octanol–water partition coefficient (Wildman–Crippen LogP) is 2.90. The van der Waals surface area contributed by atoms with Crippen molar-refractivity contribution in [3.8, 4) is 0 Å². The smallest absolute Gasteiger partial charge is 0.289 e. The molecule has 1 aromatic carbocycles. The zero-order valence-corrected chi connectivity index (χ0v) is 16.0. The molecule has 3 heterocycles. The van der Waals surface area contributed by atoms with E-state index >= 15 is 0 Å². The van der Waals surface area contributed by atoms with E-state index in [-0.39, 0.29) is 17.9 Å². The highest BCUT2D eigenvalue weighted by atomic mass is 16.5. The first-order chi connectivity index (χ1) is 13.0. The molecule has 0 spiro atoms. The molecule has 144 valence electrons. The molecule has 4 rings (SSSR count). The quantitative estimate of drug-likeness (QED) is 0.815. The number of hydrogen-bond acceptors (Lipinski definition) is 4. The number of ether oxygens (including phenoxy) is 1. The molecule has 6 heteroatoms. The Labute approximate surface area is 159 Å². The second kappa shape index (κ2) is 7.35. The highest BCUT2D eigenvalue weighted by Crippen LogP contribution is 2.27. The molecule has 1 aromatic heterocycles. The topological polar surface area (TPSA) is 63.0 Å². The molecule has 2 saturated heterocycles. The summed E-state index contributed by atoms with van der Waals surface area (Å²) in [5.41, 5.74) is 2.74. The number of benzene rings is 1. The fourth-order valence-corrected chi connectivity index (χ4v) is 4.00. The Morgan fingerprint density at radius 2 is 1.81 bits per heavy atom. The third-order valence-electron chi connectivity index (χ3n) is 5.59. The third kappa shape index (κ3) is 3.46. The van der Waals surface area contributed by atoms with Crippen LogP contribution in [0.4, 0.5) is 0 Å². The average molecular weight is 370 g/mol. The summed E-state index contributed by atoms with van der Waals surface area (Å²) in [6.45, 7) is 6.96. The normalized spacial score (nSPS) is 20.9. The second-order valence-electron chi connectivity index (χ2n) is 7.53. The van der Waals surface area contributed by atoms with E-state index in [0.717, 1.165) is 41.4 Å². The first-order valence-corrected chi connectivity index (χ1v) is 9.74. The molecule has 0 unspecified atom stereocenters. The number of fused-ring (bicyclic) bond motifs is 1. The molecule has 27 heavy (non-hydrogen) atoms. The Balaban J connectivity index is 1.48. The summed E-state index contributed by atoms with van der Waals surface area (Å²) < 4.78 is 11.4. The molecule has 2 aliphatic heterocycles. The van der Waals surface area contributed by atoms with Gasteiger partial charge in [-0.1, -0.05) is 12.1 Å². The largest absolute Gasteiger partial charge is 0.451 e. The van der Waals surface area contributed by atoms with Gasteiger partial charge in [0.25, 0.3) is 11.8 Å². The van der Waals surface area contributed by atoms with Gasteiger partial charge in [-0.15, -0.1) is 0 Å². The van der Waals surface area contributed by atoms with Crippen LogP contribution >= 0.6 is 0 Å². The number of nitrogens with zero attached hydrogens (tertiary/aromatic N) is 2. The molecular weight excluding hydrogens is 344 g/mol. The number of aryl methyl sites for hydroxylation is 2. The molecule has 2 amide bonds. The van der Waals surface area contributed by atoms with Crippen molar-refractivity contribution in [1.29, 1.82) is 0 Å². The van der Waals surface area contributed by atoms with E-state index in [9.17, 15) is 9.59 Å². The minimum atomic E-state index is -0.298. The molecule has 6 nitrogen and oxygen atoms in total. The first-order valence-electron chi connectivity index (χ1n) is 9.74. The Kier molecular flexibility index (Phi) is 4.91. The van der Waals surface area contributed by atoms with Gasteiger partial charge in [-0.05, 0) is 44.7 Å². The van der Waals surface area contributed by atoms with Gasteiger partial charge in [0.2, 0.25) is 0 Å². The van der Waals surface area contributed by atoms with Gasteiger partial charge in [0.1, 0.15) is 11.7 Å². The van der Waals surface area contributed by atoms with Crippen molar-refractivity contribution in [3.05, 3.63) is 35.1 Å². The predicted molar refractivity (Wildman–Crippen MR) is 102 cm³/mol. The lowest BCUT2D eigenvalue weighted by molar-refractivity contribution is -0.140. The Morgan fingerprint density at radius 3 is 2.59 bits per heavy atom. The van der Waals surface area contributed by atoms with Crippen LogP contribution in [-0.4, -0.2) is 60.5 Å². The molecule has 0 N–H and O–H groups in total.